The summed E-state index contributed by atoms with van der Waals surface area (Å²) < 4.78 is 0. The van der Waals surface area contributed by atoms with Crippen LogP contribution in [0.5, 0.6) is 0 Å². The minimum atomic E-state index is 0.102. The molecule has 23 heavy (non-hydrogen) atoms. The van der Waals surface area contributed by atoms with E-state index in [1.807, 2.05) is 30.3 Å². The summed E-state index contributed by atoms with van der Waals surface area (Å²) in [5.74, 6) is 1.98. The predicted molar refractivity (Wildman–Crippen MR) is 95.5 cm³/mol. The third-order valence-corrected chi connectivity index (χ3v) is 5.95. The molecule has 2 unspecified atom stereocenters. The van der Waals surface area contributed by atoms with Crippen molar-refractivity contribution < 1.29 is 4.79 Å². The summed E-state index contributed by atoms with van der Waals surface area (Å²) >= 11 is 0. The highest BCUT2D eigenvalue weighted by Gasteiger charge is 2.26. The molecule has 3 rings (SSSR count). The van der Waals surface area contributed by atoms with E-state index in [1.54, 1.807) is 0 Å². The van der Waals surface area contributed by atoms with E-state index in [0.717, 1.165) is 23.8 Å². The van der Waals surface area contributed by atoms with Crippen molar-refractivity contribution in [1.82, 2.24) is 5.32 Å². The SMILES string of the molecule is O=C(NC1CCCCC(C2CCCCC2)CC1)c1ccccc1. The first-order chi connectivity index (χ1) is 11.3. The van der Waals surface area contributed by atoms with E-state index in [1.165, 1.54) is 64.2 Å². The van der Waals surface area contributed by atoms with E-state index in [4.69, 9.17) is 0 Å². The van der Waals surface area contributed by atoms with Crippen molar-refractivity contribution in [2.45, 2.75) is 76.7 Å². The zero-order valence-electron chi connectivity index (χ0n) is 14.3. The van der Waals surface area contributed by atoms with Crippen LogP contribution in [-0.4, -0.2) is 11.9 Å². The lowest BCUT2D eigenvalue weighted by Crippen LogP contribution is -2.36. The third kappa shape index (κ3) is 4.83. The molecule has 1 aromatic rings. The van der Waals surface area contributed by atoms with Gasteiger partial charge in [-0.15, -0.1) is 0 Å². The van der Waals surface area contributed by atoms with E-state index < -0.39 is 0 Å². The van der Waals surface area contributed by atoms with Crippen LogP contribution in [0.25, 0.3) is 0 Å². The number of carbonyl (C=O) groups is 1. The molecule has 0 aromatic heterocycles. The third-order valence-electron chi connectivity index (χ3n) is 5.95. The minimum Gasteiger partial charge on any atom is -0.349 e. The summed E-state index contributed by atoms with van der Waals surface area (Å²) in [6.45, 7) is 0. The number of hydrogen-bond donors (Lipinski definition) is 1. The Balaban J connectivity index is 1.53. The van der Waals surface area contributed by atoms with Gasteiger partial charge in [-0.05, 0) is 43.2 Å². The Bertz CT molecular complexity index is 478. The van der Waals surface area contributed by atoms with Crippen molar-refractivity contribution in [3.05, 3.63) is 35.9 Å². The Hall–Kier alpha value is -1.31. The molecule has 2 aliphatic rings. The van der Waals surface area contributed by atoms with Gasteiger partial charge in [0.25, 0.3) is 5.91 Å². The van der Waals surface area contributed by atoms with Gasteiger partial charge in [0.15, 0.2) is 0 Å². The highest BCUT2D eigenvalue weighted by Crippen LogP contribution is 2.37. The molecule has 1 N–H and O–H groups in total. The number of carbonyl (C=O) groups excluding carboxylic acids is 1. The molecule has 1 aromatic carbocycles. The predicted octanol–water partition coefficient (Wildman–Crippen LogP) is 5.34. The first kappa shape index (κ1) is 16.5. The highest BCUT2D eigenvalue weighted by atomic mass is 16.1. The second-order valence-corrected chi connectivity index (χ2v) is 7.56. The Kier molecular flexibility index (Phi) is 6.13. The summed E-state index contributed by atoms with van der Waals surface area (Å²) in [6, 6.07) is 10.0. The molecule has 0 saturated heterocycles. The number of benzene rings is 1. The van der Waals surface area contributed by atoms with Crippen LogP contribution in [0.1, 0.15) is 81.0 Å². The average molecular weight is 313 g/mol. The van der Waals surface area contributed by atoms with Crippen molar-refractivity contribution in [1.29, 1.82) is 0 Å². The average Bonchev–Trinajstić information content (AvgIpc) is 2.59. The molecule has 2 saturated carbocycles. The van der Waals surface area contributed by atoms with Crippen LogP contribution in [0.2, 0.25) is 0 Å². The Labute approximate surface area is 141 Å². The van der Waals surface area contributed by atoms with E-state index >= 15 is 0 Å². The fourth-order valence-electron chi connectivity index (χ4n) is 4.58. The number of hydrogen-bond acceptors (Lipinski definition) is 1. The lowest BCUT2D eigenvalue weighted by atomic mass is 9.74. The Morgan fingerprint density at radius 2 is 1.35 bits per heavy atom. The van der Waals surface area contributed by atoms with Gasteiger partial charge < -0.3 is 5.32 Å². The number of rotatable bonds is 3. The van der Waals surface area contributed by atoms with Gasteiger partial charge in [0.1, 0.15) is 0 Å². The summed E-state index contributed by atoms with van der Waals surface area (Å²) in [6.07, 6.45) is 14.9. The zero-order valence-corrected chi connectivity index (χ0v) is 14.3. The topological polar surface area (TPSA) is 29.1 Å². The second-order valence-electron chi connectivity index (χ2n) is 7.56. The largest absolute Gasteiger partial charge is 0.349 e. The quantitative estimate of drug-likeness (QED) is 0.802. The maximum absolute atomic E-state index is 12.4. The molecule has 126 valence electrons. The molecule has 2 nitrogen and oxygen atoms in total. The maximum Gasteiger partial charge on any atom is 0.251 e. The summed E-state index contributed by atoms with van der Waals surface area (Å²) in [5.41, 5.74) is 0.790. The van der Waals surface area contributed by atoms with Crippen molar-refractivity contribution in [3.8, 4) is 0 Å². The highest BCUT2D eigenvalue weighted by molar-refractivity contribution is 5.94. The molecule has 0 heterocycles. The van der Waals surface area contributed by atoms with E-state index in [0.29, 0.717) is 6.04 Å². The van der Waals surface area contributed by atoms with Gasteiger partial charge in [0.05, 0.1) is 0 Å². The van der Waals surface area contributed by atoms with Crippen molar-refractivity contribution in [3.63, 3.8) is 0 Å². The fraction of sp³-hybridized carbons (Fsp3) is 0.667. The van der Waals surface area contributed by atoms with Gasteiger partial charge in [-0.3, -0.25) is 4.79 Å². The standard InChI is InChI=1S/C21H31NO/c23-21(19-12-5-2-6-13-19)22-20-14-8-7-11-18(15-16-20)17-9-3-1-4-10-17/h2,5-6,12-13,17-18,20H,1,3-4,7-11,14-16H2,(H,22,23). The van der Waals surface area contributed by atoms with Crippen LogP contribution in [0.4, 0.5) is 0 Å². The van der Waals surface area contributed by atoms with Crippen molar-refractivity contribution >= 4 is 5.91 Å². The molecular weight excluding hydrogens is 282 g/mol. The normalized spacial score (nSPS) is 27.0. The zero-order chi connectivity index (χ0) is 15.9. The van der Waals surface area contributed by atoms with Crippen LogP contribution >= 0.6 is 0 Å². The lowest BCUT2D eigenvalue weighted by Gasteiger charge is -2.33. The molecule has 0 bridgehead atoms. The minimum absolute atomic E-state index is 0.102. The van der Waals surface area contributed by atoms with Crippen LogP contribution < -0.4 is 5.32 Å². The summed E-state index contributed by atoms with van der Waals surface area (Å²) in [7, 11) is 0. The number of nitrogens with one attached hydrogen (secondary N) is 1. The molecule has 2 heteroatoms. The first-order valence-electron chi connectivity index (χ1n) is 9.69. The molecule has 0 spiro atoms. The summed E-state index contributed by atoms with van der Waals surface area (Å²) in [5, 5.41) is 3.29. The molecular formula is C21H31NO. The van der Waals surface area contributed by atoms with Gasteiger partial charge in [-0.1, -0.05) is 69.6 Å². The molecule has 1 amide bonds. The van der Waals surface area contributed by atoms with Crippen LogP contribution in [-0.2, 0) is 0 Å². The van der Waals surface area contributed by atoms with Gasteiger partial charge in [0.2, 0.25) is 0 Å². The van der Waals surface area contributed by atoms with Gasteiger partial charge >= 0.3 is 0 Å². The lowest BCUT2D eigenvalue weighted by molar-refractivity contribution is 0.0924. The molecule has 0 aliphatic heterocycles. The second kappa shape index (κ2) is 8.52. The van der Waals surface area contributed by atoms with E-state index in [2.05, 4.69) is 5.32 Å². The number of amides is 1. The molecule has 2 aliphatic carbocycles. The monoisotopic (exact) mass is 313 g/mol. The molecule has 0 radical (unpaired) electrons. The van der Waals surface area contributed by atoms with Crippen molar-refractivity contribution in [2.24, 2.45) is 11.8 Å². The summed E-state index contributed by atoms with van der Waals surface area (Å²) in [4.78, 5) is 12.4. The maximum atomic E-state index is 12.4. The molecule has 2 fully saturated rings. The van der Waals surface area contributed by atoms with Crippen molar-refractivity contribution in [2.75, 3.05) is 0 Å². The Morgan fingerprint density at radius 3 is 2.09 bits per heavy atom. The smallest absolute Gasteiger partial charge is 0.251 e. The van der Waals surface area contributed by atoms with Gasteiger partial charge in [-0.2, -0.15) is 0 Å². The van der Waals surface area contributed by atoms with E-state index in [-0.39, 0.29) is 5.91 Å². The fourth-order valence-corrected chi connectivity index (χ4v) is 4.58. The van der Waals surface area contributed by atoms with Crippen LogP contribution in [0.15, 0.2) is 30.3 Å². The van der Waals surface area contributed by atoms with Crippen LogP contribution in [0, 0.1) is 11.8 Å². The van der Waals surface area contributed by atoms with Gasteiger partial charge in [0, 0.05) is 11.6 Å². The Morgan fingerprint density at radius 1 is 0.739 bits per heavy atom. The molecule has 2 atom stereocenters. The first-order valence-corrected chi connectivity index (χ1v) is 9.69. The van der Waals surface area contributed by atoms with Gasteiger partial charge in [-0.25, -0.2) is 0 Å². The van der Waals surface area contributed by atoms with E-state index in [9.17, 15) is 4.79 Å². The van der Waals surface area contributed by atoms with Crippen LogP contribution in [0.3, 0.4) is 0 Å².